The van der Waals surface area contributed by atoms with Crippen molar-refractivity contribution in [2.45, 2.75) is 6.54 Å². The molecule has 0 amide bonds. The largest absolute Gasteiger partial charge is 0.358 e. The first-order valence-corrected chi connectivity index (χ1v) is 8.40. The summed E-state index contributed by atoms with van der Waals surface area (Å²) < 4.78 is 3.87. The van der Waals surface area contributed by atoms with E-state index in [1.54, 1.807) is 12.1 Å². The number of hydrogen-bond acceptors (Lipinski definition) is 5. The van der Waals surface area contributed by atoms with Gasteiger partial charge in [0.1, 0.15) is 5.69 Å². The van der Waals surface area contributed by atoms with E-state index in [0.29, 0.717) is 17.2 Å². The summed E-state index contributed by atoms with van der Waals surface area (Å²) in [5.41, 5.74) is 4.42. The highest BCUT2D eigenvalue weighted by Crippen LogP contribution is 2.18. The number of benzene rings is 2. The highest BCUT2D eigenvalue weighted by molar-refractivity contribution is 7.80. The Morgan fingerprint density at radius 3 is 2.75 bits per heavy atom. The summed E-state index contributed by atoms with van der Waals surface area (Å²) in [6.45, 7) is 0.610. The summed E-state index contributed by atoms with van der Waals surface area (Å²) in [7, 11) is 0. The standard InChI is InChI=1S/C17H13N5S2/c18-9-13-2-1-3-15(8-13)20-17(23)19-10-12-4-6-14(7-5-12)16-11-24-22-21-16/h1-8,11H,10H2,(H2,19,20,23). The van der Waals surface area contributed by atoms with Gasteiger partial charge in [-0.15, -0.1) is 5.10 Å². The molecule has 0 aliphatic carbocycles. The first-order valence-electron chi connectivity index (χ1n) is 7.16. The summed E-state index contributed by atoms with van der Waals surface area (Å²) >= 11 is 6.62. The SMILES string of the molecule is N#Cc1cccc(NC(=S)NCc2ccc(-c3csnn3)cc2)c1. The molecule has 2 N–H and O–H groups in total. The predicted octanol–water partition coefficient (Wildman–Crippen LogP) is 3.56. The van der Waals surface area contributed by atoms with Gasteiger partial charge in [0.15, 0.2) is 5.11 Å². The number of nitrogens with zero attached hydrogens (tertiary/aromatic N) is 3. The van der Waals surface area contributed by atoms with Gasteiger partial charge in [0, 0.05) is 23.2 Å². The molecule has 0 atom stereocenters. The first kappa shape index (κ1) is 16.1. The van der Waals surface area contributed by atoms with Crippen molar-refractivity contribution in [3.8, 4) is 17.3 Å². The maximum atomic E-state index is 8.91. The summed E-state index contributed by atoms with van der Waals surface area (Å²) in [5.74, 6) is 0. The van der Waals surface area contributed by atoms with Gasteiger partial charge in [-0.2, -0.15) is 5.26 Å². The quantitative estimate of drug-likeness (QED) is 0.700. The lowest BCUT2D eigenvalue weighted by molar-refractivity contribution is 0.926. The Morgan fingerprint density at radius 2 is 2.04 bits per heavy atom. The van der Waals surface area contributed by atoms with E-state index in [4.69, 9.17) is 17.5 Å². The van der Waals surface area contributed by atoms with Crippen LogP contribution < -0.4 is 10.6 Å². The van der Waals surface area contributed by atoms with Crippen LogP contribution in [0, 0.1) is 11.3 Å². The minimum atomic E-state index is 0.512. The Kier molecular flexibility index (Phi) is 5.11. The molecule has 2 aromatic carbocycles. The topological polar surface area (TPSA) is 73.6 Å². The molecule has 0 saturated heterocycles. The maximum absolute atomic E-state index is 8.91. The Labute approximate surface area is 149 Å². The zero-order valence-electron chi connectivity index (χ0n) is 12.6. The molecule has 5 nitrogen and oxygen atoms in total. The molecule has 0 fully saturated rings. The van der Waals surface area contributed by atoms with Crippen molar-refractivity contribution in [2.75, 3.05) is 5.32 Å². The van der Waals surface area contributed by atoms with Crippen molar-refractivity contribution in [1.82, 2.24) is 14.9 Å². The third-order valence-corrected chi connectivity index (χ3v) is 4.06. The fourth-order valence-corrected chi connectivity index (χ4v) is 2.76. The Bertz CT molecular complexity index is 867. The second-order valence-corrected chi connectivity index (χ2v) is 6.01. The molecule has 0 aliphatic heterocycles. The highest BCUT2D eigenvalue weighted by atomic mass is 32.1. The maximum Gasteiger partial charge on any atom is 0.171 e. The van der Waals surface area contributed by atoms with Crippen molar-refractivity contribution in [3.63, 3.8) is 0 Å². The van der Waals surface area contributed by atoms with E-state index in [9.17, 15) is 0 Å². The summed E-state index contributed by atoms with van der Waals surface area (Å²) in [6.07, 6.45) is 0. The second-order valence-electron chi connectivity index (χ2n) is 4.99. The van der Waals surface area contributed by atoms with E-state index >= 15 is 0 Å². The van der Waals surface area contributed by atoms with Gasteiger partial charge < -0.3 is 10.6 Å². The molecule has 3 aromatic rings. The van der Waals surface area contributed by atoms with Crippen molar-refractivity contribution in [2.24, 2.45) is 0 Å². The molecule has 24 heavy (non-hydrogen) atoms. The fraction of sp³-hybridized carbons (Fsp3) is 0.0588. The molecule has 0 saturated carbocycles. The Morgan fingerprint density at radius 1 is 1.21 bits per heavy atom. The van der Waals surface area contributed by atoms with Gasteiger partial charge in [-0.3, -0.25) is 0 Å². The van der Waals surface area contributed by atoms with Gasteiger partial charge in [0.05, 0.1) is 11.6 Å². The molecule has 7 heteroatoms. The smallest absolute Gasteiger partial charge is 0.171 e. The summed E-state index contributed by atoms with van der Waals surface area (Å²) in [4.78, 5) is 0. The molecule has 0 spiro atoms. The van der Waals surface area contributed by atoms with Gasteiger partial charge in [0.25, 0.3) is 0 Å². The van der Waals surface area contributed by atoms with Crippen LogP contribution in [0.1, 0.15) is 11.1 Å². The van der Waals surface area contributed by atoms with Crippen LogP contribution in [0.15, 0.2) is 53.9 Å². The molecule has 0 aliphatic rings. The van der Waals surface area contributed by atoms with Crippen LogP contribution in [0.3, 0.4) is 0 Å². The Hall–Kier alpha value is -2.82. The van der Waals surface area contributed by atoms with Gasteiger partial charge >= 0.3 is 0 Å². The van der Waals surface area contributed by atoms with Crippen molar-refractivity contribution < 1.29 is 0 Å². The van der Waals surface area contributed by atoms with Crippen molar-refractivity contribution in [3.05, 3.63) is 65.0 Å². The number of aromatic nitrogens is 2. The normalized spacial score (nSPS) is 9.96. The fourth-order valence-electron chi connectivity index (χ4n) is 2.11. The van der Waals surface area contributed by atoms with Crippen LogP contribution in [-0.2, 0) is 6.54 Å². The van der Waals surface area contributed by atoms with E-state index in [-0.39, 0.29) is 0 Å². The van der Waals surface area contributed by atoms with E-state index in [0.717, 1.165) is 22.5 Å². The molecule has 0 radical (unpaired) electrons. The highest BCUT2D eigenvalue weighted by Gasteiger charge is 2.02. The van der Waals surface area contributed by atoms with Crippen LogP contribution in [0.5, 0.6) is 0 Å². The number of anilines is 1. The summed E-state index contributed by atoms with van der Waals surface area (Å²) in [5, 5.41) is 21.6. The number of hydrogen-bond donors (Lipinski definition) is 2. The first-order chi connectivity index (χ1) is 11.7. The number of nitrogens with one attached hydrogen (secondary N) is 2. The van der Waals surface area contributed by atoms with Crippen LogP contribution >= 0.6 is 23.8 Å². The van der Waals surface area contributed by atoms with Crippen LogP contribution in [-0.4, -0.2) is 14.7 Å². The van der Waals surface area contributed by atoms with Gasteiger partial charge in [-0.25, -0.2) is 0 Å². The predicted molar refractivity (Wildman–Crippen MR) is 99.6 cm³/mol. The van der Waals surface area contributed by atoms with Gasteiger partial charge in [-0.1, -0.05) is 34.8 Å². The summed E-state index contributed by atoms with van der Waals surface area (Å²) in [6, 6.07) is 17.4. The molecule has 0 bridgehead atoms. The molecular weight excluding hydrogens is 338 g/mol. The van der Waals surface area contributed by atoms with E-state index in [2.05, 4.69) is 26.3 Å². The van der Waals surface area contributed by atoms with Gasteiger partial charge in [0.2, 0.25) is 0 Å². The number of nitriles is 1. The third-order valence-electron chi connectivity index (χ3n) is 3.31. The number of rotatable bonds is 4. The van der Waals surface area contributed by atoms with Crippen LogP contribution in [0.2, 0.25) is 0 Å². The molecule has 118 valence electrons. The zero-order valence-corrected chi connectivity index (χ0v) is 14.2. The molecule has 1 heterocycles. The van der Waals surface area contributed by atoms with Gasteiger partial charge in [-0.05, 0) is 47.5 Å². The average Bonchev–Trinajstić information content (AvgIpc) is 3.15. The van der Waals surface area contributed by atoms with E-state index in [1.165, 1.54) is 11.5 Å². The van der Waals surface area contributed by atoms with E-state index < -0.39 is 0 Å². The monoisotopic (exact) mass is 351 g/mol. The van der Waals surface area contributed by atoms with Crippen molar-refractivity contribution >= 4 is 34.6 Å². The van der Waals surface area contributed by atoms with E-state index in [1.807, 2.05) is 41.8 Å². The minimum absolute atomic E-state index is 0.512. The lowest BCUT2D eigenvalue weighted by Crippen LogP contribution is -2.27. The lowest BCUT2D eigenvalue weighted by atomic mass is 10.1. The lowest BCUT2D eigenvalue weighted by Gasteiger charge is -2.11. The molecule has 0 unspecified atom stereocenters. The minimum Gasteiger partial charge on any atom is -0.358 e. The molecule has 1 aromatic heterocycles. The Balaban J connectivity index is 1.55. The second kappa shape index (κ2) is 7.64. The van der Waals surface area contributed by atoms with Crippen LogP contribution in [0.4, 0.5) is 5.69 Å². The molecule has 3 rings (SSSR count). The molecular formula is C17H13N5S2. The zero-order chi connectivity index (χ0) is 16.8. The van der Waals surface area contributed by atoms with Crippen LogP contribution in [0.25, 0.3) is 11.3 Å². The van der Waals surface area contributed by atoms with Crippen molar-refractivity contribution in [1.29, 1.82) is 5.26 Å². The number of thiocarbonyl (C=S) groups is 1. The third kappa shape index (κ3) is 4.13. The average molecular weight is 351 g/mol.